The number of aryl methyl sites for hydroxylation is 2. The highest BCUT2D eigenvalue weighted by molar-refractivity contribution is 7.92. The number of sulfonamides is 1. The van der Waals surface area contributed by atoms with Crippen LogP contribution in [0.4, 0.5) is 5.69 Å². The summed E-state index contributed by atoms with van der Waals surface area (Å²) in [5, 5.41) is 3.33. The van der Waals surface area contributed by atoms with Crippen molar-refractivity contribution in [3.63, 3.8) is 0 Å². The maximum absolute atomic E-state index is 13.5. The summed E-state index contributed by atoms with van der Waals surface area (Å²) in [7, 11) is -4.01. The number of carbonyl (C=O) groups excluding carboxylic acids is 1. The van der Waals surface area contributed by atoms with E-state index in [4.69, 9.17) is 16.3 Å². The van der Waals surface area contributed by atoms with Crippen molar-refractivity contribution in [2.75, 3.05) is 17.5 Å². The first-order valence-corrected chi connectivity index (χ1v) is 12.8. The Hall–Kier alpha value is -3.03. The number of hydrogen-bond acceptors (Lipinski definition) is 4. The first kappa shape index (κ1) is 25.6. The zero-order chi connectivity index (χ0) is 24.9. The van der Waals surface area contributed by atoms with Crippen LogP contribution in [0, 0.1) is 13.8 Å². The Balaban J connectivity index is 1.86. The lowest BCUT2D eigenvalue weighted by molar-refractivity contribution is -0.120. The Morgan fingerprint density at radius 3 is 2.24 bits per heavy atom. The minimum atomic E-state index is -4.01. The van der Waals surface area contributed by atoms with Crippen molar-refractivity contribution in [2.24, 2.45) is 0 Å². The summed E-state index contributed by atoms with van der Waals surface area (Å²) in [4.78, 5) is 13.1. The fourth-order valence-corrected chi connectivity index (χ4v) is 4.99. The zero-order valence-electron chi connectivity index (χ0n) is 19.7. The minimum Gasteiger partial charge on any atom is -0.494 e. The normalized spacial score (nSPS) is 12.1. The SMILES string of the molecule is CCOc1ccc([C@@H](C)NC(=O)CN(c2ccc(C)c(C)c2)S(=O)(=O)c2ccc(Cl)cc2)cc1. The van der Waals surface area contributed by atoms with E-state index in [0.29, 0.717) is 17.3 Å². The van der Waals surface area contributed by atoms with E-state index in [0.717, 1.165) is 26.7 Å². The van der Waals surface area contributed by atoms with Gasteiger partial charge in [-0.05, 0) is 92.9 Å². The molecule has 8 heteroatoms. The summed E-state index contributed by atoms with van der Waals surface area (Å²) in [6, 6.07) is 18.3. The predicted octanol–water partition coefficient (Wildman–Crippen LogP) is 5.43. The van der Waals surface area contributed by atoms with Crippen molar-refractivity contribution >= 4 is 33.2 Å². The molecule has 0 saturated heterocycles. The van der Waals surface area contributed by atoms with Crippen LogP contribution in [0.2, 0.25) is 5.02 Å². The van der Waals surface area contributed by atoms with Crippen molar-refractivity contribution in [3.8, 4) is 5.75 Å². The van der Waals surface area contributed by atoms with E-state index in [9.17, 15) is 13.2 Å². The number of nitrogens with zero attached hydrogens (tertiary/aromatic N) is 1. The molecular formula is C26H29ClN2O4S. The van der Waals surface area contributed by atoms with E-state index in [-0.39, 0.29) is 17.5 Å². The van der Waals surface area contributed by atoms with Crippen LogP contribution in [0.25, 0.3) is 0 Å². The fraction of sp³-hybridized carbons (Fsp3) is 0.269. The van der Waals surface area contributed by atoms with Crippen LogP contribution < -0.4 is 14.4 Å². The highest BCUT2D eigenvalue weighted by Crippen LogP contribution is 2.27. The van der Waals surface area contributed by atoms with Gasteiger partial charge in [0.2, 0.25) is 5.91 Å². The average Bonchev–Trinajstić information content (AvgIpc) is 2.80. The number of ether oxygens (including phenoxy) is 1. The van der Waals surface area contributed by atoms with Gasteiger partial charge in [0.05, 0.1) is 23.2 Å². The Kier molecular flexibility index (Phi) is 8.23. The highest BCUT2D eigenvalue weighted by atomic mass is 35.5. The smallest absolute Gasteiger partial charge is 0.264 e. The van der Waals surface area contributed by atoms with Gasteiger partial charge in [0.15, 0.2) is 0 Å². The van der Waals surface area contributed by atoms with Crippen LogP contribution in [0.3, 0.4) is 0 Å². The molecule has 34 heavy (non-hydrogen) atoms. The molecule has 0 unspecified atom stereocenters. The molecule has 0 radical (unpaired) electrons. The Labute approximate surface area is 206 Å². The molecule has 3 aromatic rings. The second kappa shape index (κ2) is 10.9. The van der Waals surface area contributed by atoms with Gasteiger partial charge in [-0.25, -0.2) is 8.42 Å². The molecule has 180 valence electrons. The van der Waals surface area contributed by atoms with Crippen LogP contribution in [-0.2, 0) is 14.8 Å². The summed E-state index contributed by atoms with van der Waals surface area (Å²) in [5.74, 6) is 0.330. The van der Waals surface area contributed by atoms with Gasteiger partial charge in [-0.2, -0.15) is 0 Å². The monoisotopic (exact) mass is 500 g/mol. The maximum Gasteiger partial charge on any atom is 0.264 e. The molecule has 0 spiro atoms. The van der Waals surface area contributed by atoms with Crippen LogP contribution >= 0.6 is 11.6 Å². The number of rotatable bonds is 9. The lowest BCUT2D eigenvalue weighted by Crippen LogP contribution is -2.41. The van der Waals surface area contributed by atoms with E-state index in [1.54, 1.807) is 12.1 Å². The van der Waals surface area contributed by atoms with E-state index < -0.39 is 15.9 Å². The zero-order valence-corrected chi connectivity index (χ0v) is 21.3. The van der Waals surface area contributed by atoms with E-state index in [1.807, 2.05) is 58.0 Å². The Morgan fingerprint density at radius 2 is 1.65 bits per heavy atom. The fourth-order valence-electron chi connectivity index (χ4n) is 3.45. The molecule has 0 heterocycles. The van der Waals surface area contributed by atoms with Gasteiger partial charge in [-0.15, -0.1) is 0 Å². The highest BCUT2D eigenvalue weighted by Gasteiger charge is 2.28. The molecule has 3 aromatic carbocycles. The number of halogens is 1. The lowest BCUT2D eigenvalue weighted by Gasteiger charge is -2.26. The maximum atomic E-state index is 13.5. The van der Waals surface area contributed by atoms with E-state index in [2.05, 4.69) is 5.32 Å². The molecule has 0 aliphatic rings. The van der Waals surface area contributed by atoms with Gasteiger partial charge in [0.25, 0.3) is 10.0 Å². The van der Waals surface area contributed by atoms with Gasteiger partial charge in [-0.3, -0.25) is 9.10 Å². The average molecular weight is 501 g/mol. The number of benzene rings is 3. The number of carbonyl (C=O) groups is 1. The van der Waals surface area contributed by atoms with Gasteiger partial charge < -0.3 is 10.1 Å². The van der Waals surface area contributed by atoms with Crippen molar-refractivity contribution in [1.82, 2.24) is 5.32 Å². The summed E-state index contributed by atoms with van der Waals surface area (Å²) in [6.45, 7) is 7.82. The summed E-state index contributed by atoms with van der Waals surface area (Å²) >= 11 is 5.94. The molecule has 0 fully saturated rings. The van der Waals surface area contributed by atoms with Gasteiger partial charge in [0, 0.05) is 5.02 Å². The first-order valence-electron chi connectivity index (χ1n) is 11.0. The van der Waals surface area contributed by atoms with Crippen molar-refractivity contribution in [1.29, 1.82) is 0 Å². The Morgan fingerprint density at radius 1 is 1.00 bits per heavy atom. The van der Waals surface area contributed by atoms with Crippen LogP contribution in [-0.4, -0.2) is 27.5 Å². The van der Waals surface area contributed by atoms with Crippen LogP contribution in [0.15, 0.2) is 71.6 Å². The molecule has 6 nitrogen and oxygen atoms in total. The van der Waals surface area contributed by atoms with E-state index >= 15 is 0 Å². The molecule has 3 rings (SSSR count). The molecule has 0 aliphatic carbocycles. The second-order valence-electron chi connectivity index (χ2n) is 8.03. The molecule has 0 aromatic heterocycles. The molecule has 1 amide bonds. The number of hydrogen-bond donors (Lipinski definition) is 1. The predicted molar refractivity (Wildman–Crippen MR) is 136 cm³/mol. The third-order valence-corrected chi connectivity index (χ3v) is 7.58. The number of anilines is 1. The molecule has 1 N–H and O–H groups in total. The first-order chi connectivity index (χ1) is 16.1. The molecule has 0 saturated carbocycles. The number of nitrogens with one attached hydrogen (secondary N) is 1. The third-order valence-electron chi connectivity index (χ3n) is 5.54. The molecule has 0 bridgehead atoms. The standard InChI is InChI=1S/C26H29ClN2O4S/c1-5-33-24-12-7-21(8-13-24)20(4)28-26(30)17-29(23-11-6-18(2)19(3)16-23)34(31,32)25-14-9-22(27)10-15-25/h6-16,20H,5,17H2,1-4H3,(H,28,30)/t20-/m1/s1. The summed E-state index contributed by atoms with van der Waals surface area (Å²) in [6.07, 6.45) is 0. The minimum absolute atomic E-state index is 0.0579. The quantitative estimate of drug-likeness (QED) is 0.425. The van der Waals surface area contributed by atoms with Crippen molar-refractivity contribution < 1.29 is 17.9 Å². The number of amides is 1. The van der Waals surface area contributed by atoms with Crippen LogP contribution in [0.5, 0.6) is 5.75 Å². The van der Waals surface area contributed by atoms with Crippen molar-refractivity contribution in [3.05, 3.63) is 88.4 Å². The topological polar surface area (TPSA) is 75.7 Å². The van der Waals surface area contributed by atoms with E-state index in [1.165, 1.54) is 24.3 Å². The Bertz CT molecular complexity index is 1240. The molecule has 1 atom stereocenters. The van der Waals surface area contributed by atoms with Crippen LogP contribution in [0.1, 0.15) is 36.6 Å². The molecule has 0 aliphatic heterocycles. The lowest BCUT2D eigenvalue weighted by atomic mass is 10.1. The second-order valence-corrected chi connectivity index (χ2v) is 10.3. The largest absolute Gasteiger partial charge is 0.494 e. The van der Waals surface area contributed by atoms with Gasteiger partial charge >= 0.3 is 0 Å². The molecular weight excluding hydrogens is 472 g/mol. The van der Waals surface area contributed by atoms with Crippen molar-refractivity contribution in [2.45, 2.75) is 38.6 Å². The summed E-state index contributed by atoms with van der Waals surface area (Å²) < 4.78 is 33.6. The summed E-state index contributed by atoms with van der Waals surface area (Å²) in [5.41, 5.74) is 3.26. The van der Waals surface area contributed by atoms with Gasteiger partial charge in [-0.1, -0.05) is 29.8 Å². The van der Waals surface area contributed by atoms with Gasteiger partial charge in [0.1, 0.15) is 12.3 Å². The third kappa shape index (κ3) is 6.10.